The van der Waals surface area contributed by atoms with Crippen LogP contribution in [0.25, 0.3) is 0 Å². The maximum Gasteiger partial charge on any atom is 0.305 e. The standard InChI is InChI=1S/C12H18N2O4/c1-4-14(6-5-11(15)16)12(17)9-7-10(8(2)3)18-13-9/h7-8H,4-6H2,1-3H3,(H,15,16). The number of rotatable bonds is 6. The van der Waals surface area contributed by atoms with Crippen molar-refractivity contribution in [2.24, 2.45) is 0 Å². The maximum absolute atomic E-state index is 12.0. The summed E-state index contributed by atoms with van der Waals surface area (Å²) in [7, 11) is 0. The first-order chi connectivity index (χ1) is 8.45. The Balaban J connectivity index is 2.73. The number of carboxylic acid groups (broad SMARTS) is 1. The number of carboxylic acids is 1. The number of aromatic nitrogens is 1. The molecule has 0 atom stereocenters. The minimum atomic E-state index is -0.927. The van der Waals surface area contributed by atoms with Gasteiger partial charge in [0.05, 0.1) is 6.42 Å². The first-order valence-corrected chi connectivity index (χ1v) is 5.93. The van der Waals surface area contributed by atoms with Gasteiger partial charge in [0.25, 0.3) is 5.91 Å². The zero-order valence-electron chi connectivity index (χ0n) is 10.8. The van der Waals surface area contributed by atoms with Gasteiger partial charge in [0.1, 0.15) is 5.76 Å². The monoisotopic (exact) mass is 254 g/mol. The Morgan fingerprint density at radius 3 is 2.61 bits per heavy atom. The van der Waals surface area contributed by atoms with Crippen LogP contribution in [0.2, 0.25) is 0 Å². The fourth-order valence-corrected chi connectivity index (χ4v) is 1.46. The molecular formula is C12H18N2O4. The predicted octanol–water partition coefficient (Wildman–Crippen LogP) is 1.73. The molecule has 100 valence electrons. The van der Waals surface area contributed by atoms with Crippen LogP contribution >= 0.6 is 0 Å². The van der Waals surface area contributed by atoms with Crippen LogP contribution in [0.1, 0.15) is 49.4 Å². The molecule has 0 bridgehead atoms. The van der Waals surface area contributed by atoms with Crippen LogP contribution in [-0.4, -0.2) is 40.1 Å². The third-order valence-corrected chi connectivity index (χ3v) is 2.58. The Labute approximate surface area is 106 Å². The molecule has 0 aliphatic heterocycles. The summed E-state index contributed by atoms with van der Waals surface area (Å²) >= 11 is 0. The molecule has 0 aliphatic carbocycles. The smallest absolute Gasteiger partial charge is 0.305 e. The van der Waals surface area contributed by atoms with E-state index in [9.17, 15) is 9.59 Å². The van der Waals surface area contributed by atoms with E-state index >= 15 is 0 Å². The molecule has 0 saturated carbocycles. The zero-order chi connectivity index (χ0) is 13.7. The van der Waals surface area contributed by atoms with Crippen LogP contribution in [0.4, 0.5) is 0 Å². The molecule has 0 radical (unpaired) electrons. The lowest BCUT2D eigenvalue weighted by atomic mass is 10.1. The molecule has 1 heterocycles. The van der Waals surface area contributed by atoms with Gasteiger partial charge in [0.15, 0.2) is 5.69 Å². The molecule has 0 spiro atoms. The van der Waals surface area contributed by atoms with Gasteiger partial charge >= 0.3 is 5.97 Å². The van der Waals surface area contributed by atoms with Crippen molar-refractivity contribution in [2.75, 3.05) is 13.1 Å². The van der Waals surface area contributed by atoms with E-state index < -0.39 is 5.97 Å². The second kappa shape index (κ2) is 6.18. The van der Waals surface area contributed by atoms with Gasteiger partial charge in [-0.25, -0.2) is 0 Å². The molecule has 0 unspecified atom stereocenters. The SMILES string of the molecule is CCN(CCC(=O)O)C(=O)c1cc(C(C)C)on1. The molecule has 0 fully saturated rings. The molecular weight excluding hydrogens is 236 g/mol. The number of nitrogens with zero attached hydrogens (tertiary/aromatic N) is 2. The van der Waals surface area contributed by atoms with Gasteiger partial charge in [-0.05, 0) is 6.92 Å². The van der Waals surface area contributed by atoms with Gasteiger partial charge < -0.3 is 14.5 Å². The second-order valence-corrected chi connectivity index (χ2v) is 4.30. The highest BCUT2D eigenvalue weighted by atomic mass is 16.5. The number of hydrogen-bond donors (Lipinski definition) is 1. The van der Waals surface area contributed by atoms with Gasteiger partial charge in [-0.2, -0.15) is 0 Å². The molecule has 1 N–H and O–H groups in total. The van der Waals surface area contributed by atoms with E-state index in [0.29, 0.717) is 12.3 Å². The van der Waals surface area contributed by atoms with Crippen molar-refractivity contribution in [3.05, 3.63) is 17.5 Å². The summed E-state index contributed by atoms with van der Waals surface area (Å²) in [5.41, 5.74) is 0.228. The van der Waals surface area contributed by atoms with Crippen molar-refractivity contribution in [3.8, 4) is 0 Å². The minimum Gasteiger partial charge on any atom is -0.481 e. The van der Waals surface area contributed by atoms with Crippen LogP contribution in [0, 0.1) is 0 Å². The number of aliphatic carboxylic acids is 1. The number of hydrogen-bond acceptors (Lipinski definition) is 4. The molecule has 0 saturated heterocycles. The first kappa shape index (κ1) is 14.2. The number of amides is 1. The van der Waals surface area contributed by atoms with Gasteiger partial charge in [0.2, 0.25) is 0 Å². The van der Waals surface area contributed by atoms with Gasteiger partial charge in [-0.3, -0.25) is 9.59 Å². The van der Waals surface area contributed by atoms with E-state index in [0.717, 1.165) is 0 Å². The second-order valence-electron chi connectivity index (χ2n) is 4.30. The van der Waals surface area contributed by atoms with Crippen molar-refractivity contribution >= 4 is 11.9 Å². The lowest BCUT2D eigenvalue weighted by Gasteiger charge is -2.18. The normalized spacial score (nSPS) is 10.7. The summed E-state index contributed by atoms with van der Waals surface area (Å²) in [4.78, 5) is 24.0. The quantitative estimate of drug-likeness (QED) is 0.835. The fourth-order valence-electron chi connectivity index (χ4n) is 1.46. The predicted molar refractivity (Wildman–Crippen MR) is 64.4 cm³/mol. The van der Waals surface area contributed by atoms with Crippen LogP contribution < -0.4 is 0 Å². The molecule has 0 aromatic carbocycles. The Morgan fingerprint density at radius 2 is 2.17 bits per heavy atom. The molecule has 6 nitrogen and oxygen atoms in total. The summed E-state index contributed by atoms with van der Waals surface area (Å²) in [6, 6.07) is 1.61. The molecule has 1 rings (SSSR count). The lowest BCUT2D eigenvalue weighted by molar-refractivity contribution is -0.137. The highest BCUT2D eigenvalue weighted by molar-refractivity contribution is 5.92. The van der Waals surface area contributed by atoms with E-state index in [-0.39, 0.29) is 30.5 Å². The van der Waals surface area contributed by atoms with Crippen LogP contribution in [0.5, 0.6) is 0 Å². The molecule has 1 aromatic heterocycles. The lowest BCUT2D eigenvalue weighted by Crippen LogP contribution is -2.33. The topological polar surface area (TPSA) is 83.6 Å². The van der Waals surface area contributed by atoms with Crippen molar-refractivity contribution in [1.29, 1.82) is 0 Å². The summed E-state index contributed by atoms with van der Waals surface area (Å²) in [5.74, 6) is -0.417. The van der Waals surface area contributed by atoms with Gasteiger partial charge in [-0.1, -0.05) is 19.0 Å². The van der Waals surface area contributed by atoms with E-state index in [1.165, 1.54) is 4.90 Å². The molecule has 6 heteroatoms. The zero-order valence-corrected chi connectivity index (χ0v) is 10.8. The maximum atomic E-state index is 12.0. The highest BCUT2D eigenvalue weighted by Gasteiger charge is 2.20. The summed E-state index contributed by atoms with van der Waals surface area (Å²) in [5, 5.41) is 12.3. The largest absolute Gasteiger partial charge is 0.481 e. The van der Waals surface area contributed by atoms with E-state index in [4.69, 9.17) is 9.63 Å². The Morgan fingerprint density at radius 1 is 1.50 bits per heavy atom. The Bertz CT molecular complexity index is 425. The van der Waals surface area contributed by atoms with Crippen molar-refractivity contribution in [1.82, 2.24) is 10.1 Å². The molecule has 0 aliphatic rings. The highest BCUT2D eigenvalue weighted by Crippen LogP contribution is 2.16. The van der Waals surface area contributed by atoms with E-state index in [1.807, 2.05) is 13.8 Å². The Hall–Kier alpha value is -1.85. The van der Waals surface area contributed by atoms with Crippen molar-refractivity contribution in [3.63, 3.8) is 0 Å². The molecule has 18 heavy (non-hydrogen) atoms. The first-order valence-electron chi connectivity index (χ1n) is 5.93. The van der Waals surface area contributed by atoms with Crippen molar-refractivity contribution < 1.29 is 19.2 Å². The third-order valence-electron chi connectivity index (χ3n) is 2.58. The third kappa shape index (κ3) is 3.58. The van der Waals surface area contributed by atoms with E-state index in [2.05, 4.69) is 5.16 Å². The van der Waals surface area contributed by atoms with Gasteiger partial charge in [-0.15, -0.1) is 0 Å². The molecule has 1 amide bonds. The fraction of sp³-hybridized carbons (Fsp3) is 0.583. The number of carbonyl (C=O) groups excluding carboxylic acids is 1. The summed E-state index contributed by atoms with van der Waals surface area (Å²) < 4.78 is 5.05. The average Bonchev–Trinajstić information content (AvgIpc) is 2.78. The minimum absolute atomic E-state index is 0.0749. The van der Waals surface area contributed by atoms with Gasteiger partial charge in [0, 0.05) is 25.1 Å². The summed E-state index contributed by atoms with van der Waals surface area (Å²) in [6.07, 6.45) is -0.0749. The van der Waals surface area contributed by atoms with E-state index in [1.54, 1.807) is 13.0 Å². The van der Waals surface area contributed by atoms with Crippen LogP contribution in [0.3, 0.4) is 0 Å². The van der Waals surface area contributed by atoms with Crippen LogP contribution in [-0.2, 0) is 4.79 Å². The number of carbonyl (C=O) groups is 2. The summed E-state index contributed by atoms with van der Waals surface area (Å²) in [6.45, 7) is 6.29. The molecule has 1 aromatic rings. The average molecular weight is 254 g/mol. The van der Waals surface area contributed by atoms with Crippen LogP contribution in [0.15, 0.2) is 10.6 Å². The van der Waals surface area contributed by atoms with Crippen molar-refractivity contribution in [2.45, 2.75) is 33.1 Å². The Kier molecular flexibility index (Phi) is 4.88.